The van der Waals surface area contributed by atoms with Gasteiger partial charge in [0.15, 0.2) is 0 Å². The lowest BCUT2D eigenvalue weighted by Gasteiger charge is -2.35. The Morgan fingerprint density at radius 1 is 1.41 bits per heavy atom. The number of aryl methyl sites for hydroxylation is 1. The van der Waals surface area contributed by atoms with E-state index in [9.17, 15) is 4.79 Å². The van der Waals surface area contributed by atoms with Gasteiger partial charge in [-0.25, -0.2) is 4.98 Å². The van der Waals surface area contributed by atoms with E-state index in [-0.39, 0.29) is 17.7 Å². The molecule has 2 heterocycles. The van der Waals surface area contributed by atoms with Crippen molar-refractivity contribution in [3.05, 3.63) is 27.4 Å². The quantitative estimate of drug-likeness (QED) is 0.733. The summed E-state index contributed by atoms with van der Waals surface area (Å²) in [7, 11) is 2.51. The molecule has 0 N–H and O–H groups in total. The third kappa shape index (κ3) is 2.04. The monoisotopic (exact) mass is 268 g/mol. The normalized spacial score (nSPS) is 25.7. The average molecular weight is 268 g/mol. The van der Waals surface area contributed by atoms with E-state index in [2.05, 4.69) is 28.2 Å². The van der Waals surface area contributed by atoms with Gasteiger partial charge in [-0.2, -0.15) is 0 Å². The van der Waals surface area contributed by atoms with Gasteiger partial charge in [0.05, 0.1) is 16.6 Å². The van der Waals surface area contributed by atoms with E-state index in [1.54, 1.807) is 16.0 Å². The number of nitrogens with zero attached hydrogens (tertiary/aromatic N) is 2. The highest BCUT2D eigenvalue weighted by atomic mass is 32.1. The van der Waals surface area contributed by atoms with Crippen molar-refractivity contribution in [2.45, 2.75) is 33.6 Å². The van der Waals surface area contributed by atoms with Crippen LogP contribution in [0, 0.1) is 12.8 Å². The molecule has 0 aliphatic carbocycles. The molecular weight excluding hydrogens is 251 g/mol. The first kappa shape index (κ1) is 12.7. The fraction of sp³-hybridized carbons (Fsp3) is 0.500. The standard InChI is InChI=1S/C12H17N2OPS/c1-6-7(2)11(10-5-17-9(4)13-10)12(15)14(16)8(6)3/h5,7,11H,16H2,1-4H3. The van der Waals surface area contributed by atoms with E-state index in [1.165, 1.54) is 5.57 Å². The molecule has 2 rings (SSSR count). The highest BCUT2D eigenvalue weighted by molar-refractivity contribution is 7.15. The molecule has 0 aromatic carbocycles. The Morgan fingerprint density at radius 3 is 2.59 bits per heavy atom. The first-order valence-electron chi connectivity index (χ1n) is 5.61. The van der Waals surface area contributed by atoms with Crippen molar-refractivity contribution < 1.29 is 4.79 Å². The van der Waals surface area contributed by atoms with Crippen LogP contribution in [0.25, 0.3) is 0 Å². The molecule has 1 aromatic rings. The van der Waals surface area contributed by atoms with E-state index in [4.69, 9.17) is 0 Å². The van der Waals surface area contributed by atoms with Gasteiger partial charge in [0.1, 0.15) is 0 Å². The lowest BCUT2D eigenvalue weighted by Crippen LogP contribution is -2.36. The van der Waals surface area contributed by atoms with Crippen LogP contribution >= 0.6 is 20.7 Å². The smallest absolute Gasteiger partial charge is 0.239 e. The van der Waals surface area contributed by atoms with Crippen LogP contribution in [0.5, 0.6) is 0 Å². The van der Waals surface area contributed by atoms with E-state index in [0.717, 1.165) is 16.4 Å². The van der Waals surface area contributed by atoms with Gasteiger partial charge in [-0.05, 0) is 41.7 Å². The molecule has 0 spiro atoms. The van der Waals surface area contributed by atoms with Crippen molar-refractivity contribution in [1.82, 2.24) is 9.65 Å². The largest absolute Gasteiger partial charge is 0.300 e. The molecule has 1 aliphatic rings. The number of allylic oxidation sites excluding steroid dienone is 2. The van der Waals surface area contributed by atoms with Crippen molar-refractivity contribution >= 4 is 26.6 Å². The summed E-state index contributed by atoms with van der Waals surface area (Å²) in [6.45, 7) is 8.15. The second-order valence-corrected chi connectivity index (χ2v) is 6.11. The number of hydrogen-bond donors (Lipinski definition) is 0. The maximum Gasteiger partial charge on any atom is 0.239 e. The Morgan fingerprint density at radius 2 is 2.06 bits per heavy atom. The molecule has 0 radical (unpaired) electrons. The molecule has 1 amide bonds. The van der Waals surface area contributed by atoms with Crippen LogP contribution in [-0.2, 0) is 4.79 Å². The number of thiazole rings is 1. The van der Waals surface area contributed by atoms with Crippen molar-refractivity contribution in [2.75, 3.05) is 0 Å². The van der Waals surface area contributed by atoms with Gasteiger partial charge < -0.3 is 4.67 Å². The molecule has 0 saturated carbocycles. The Hall–Kier alpha value is -0.730. The molecule has 17 heavy (non-hydrogen) atoms. The van der Waals surface area contributed by atoms with Gasteiger partial charge in [-0.1, -0.05) is 6.92 Å². The lowest BCUT2D eigenvalue weighted by molar-refractivity contribution is -0.128. The number of amides is 1. The number of hydrogen-bond acceptors (Lipinski definition) is 3. The zero-order valence-electron chi connectivity index (χ0n) is 10.5. The third-order valence-corrected chi connectivity index (χ3v) is 5.01. The maximum atomic E-state index is 12.3. The van der Waals surface area contributed by atoms with Crippen molar-refractivity contribution in [3.63, 3.8) is 0 Å². The zero-order chi connectivity index (χ0) is 12.7. The third-order valence-electron chi connectivity index (χ3n) is 3.57. The molecule has 5 heteroatoms. The number of carbonyl (C=O) groups excluding carboxylic acids is 1. The Bertz CT molecular complexity index is 494. The fourth-order valence-corrected chi connectivity index (χ4v) is 3.22. The zero-order valence-corrected chi connectivity index (χ0v) is 12.5. The second kappa shape index (κ2) is 4.51. The molecule has 0 bridgehead atoms. The van der Waals surface area contributed by atoms with Crippen LogP contribution in [-0.4, -0.2) is 15.6 Å². The molecule has 1 aromatic heterocycles. The van der Waals surface area contributed by atoms with E-state index in [1.807, 2.05) is 19.2 Å². The van der Waals surface area contributed by atoms with Crippen LogP contribution in [0.15, 0.2) is 16.7 Å². The van der Waals surface area contributed by atoms with E-state index in [0.29, 0.717) is 0 Å². The Labute approximate surface area is 108 Å². The van der Waals surface area contributed by atoms with Crippen LogP contribution in [0.1, 0.15) is 37.4 Å². The van der Waals surface area contributed by atoms with Crippen LogP contribution < -0.4 is 0 Å². The Balaban J connectivity index is 2.45. The first-order valence-corrected chi connectivity index (χ1v) is 7.01. The second-order valence-electron chi connectivity index (χ2n) is 4.53. The van der Waals surface area contributed by atoms with Gasteiger partial charge >= 0.3 is 0 Å². The number of aromatic nitrogens is 1. The van der Waals surface area contributed by atoms with Crippen molar-refractivity contribution in [2.24, 2.45) is 5.92 Å². The summed E-state index contributed by atoms with van der Waals surface area (Å²) in [4.78, 5) is 16.8. The maximum absolute atomic E-state index is 12.3. The summed E-state index contributed by atoms with van der Waals surface area (Å²) in [5.74, 6) is 0.206. The minimum Gasteiger partial charge on any atom is -0.300 e. The highest BCUT2D eigenvalue weighted by Gasteiger charge is 2.37. The minimum atomic E-state index is -0.138. The molecule has 3 nitrogen and oxygen atoms in total. The molecular formula is C12H17N2OPS. The minimum absolute atomic E-state index is 0.121. The molecule has 0 fully saturated rings. The molecule has 0 saturated heterocycles. The SMILES string of the molecule is CC1=C(C)N(P)C(=O)C(c2csc(C)n2)C1C. The van der Waals surface area contributed by atoms with Gasteiger partial charge in [0.2, 0.25) is 5.91 Å². The summed E-state index contributed by atoms with van der Waals surface area (Å²) in [6, 6.07) is 0. The molecule has 1 aliphatic heterocycles. The van der Waals surface area contributed by atoms with Gasteiger partial charge in [-0.15, -0.1) is 11.3 Å². The lowest BCUT2D eigenvalue weighted by atomic mass is 9.82. The molecule has 3 atom stereocenters. The summed E-state index contributed by atoms with van der Waals surface area (Å²) < 4.78 is 1.68. The Kier molecular flexibility index (Phi) is 3.37. The number of rotatable bonds is 1. The average Bonchev–Trinajstić information content (AvgIpc) is 2.71. The van der Waals surface area contributed by atoms with Crippen LogP contribution in [0.3, 0.4) is 0 Å². The topological polar surface area (TPSA) is 33.2 Å². The van der Waals surface area contributed by atoms with Gasteiger partial charge in [0.25, 0.3) is 0 Å². The fourth-order valence-electron chi connectivity index (χ4n) is 2.20. The summed E-state index contributed by atoms with van der Waals surface area (Å²) in [5.41, 5.74) is 3.20. The molecule has 3 unspecified atom stereocenters. The van der Waals surface area contributed by atoms with Crippen molar-refractivity contribution in [1.29, 1.82) is 0 Å². The summed E-state index contributed by atoms with van der Waals surface area (Å²) in [5, 5.41) is 3.01. The van der Waals surface area contributed by atoms with Gasteiger partial charge in [-0.3, -0.25) is 4.79 Å². The molecule has 92 valence electrons. The summed E-state index contributed by atoms with van der Waals surface area (Å²) in [6.07, 6.45) is 0. The van der Waals surface area contributed by atoms with Crippen LogP contribution in [0.2, 0.25) is 0 Å². The van der Waals surface area contributed by atoms with Crippen LogP contribution in [0.4, 0.5) is 0 Å². The van der Waals surface area contributed by atoms with E-state index >= 15 is 0 Å². The highest BCUT2D eigenvalue weighted by Crippen LogP contribution is 2.40. The summed E-state index contributed by atoms with van der Waals surface area (Å²) >= 11 is 1.60. The van der Waals surface area contributed by atoms with Crippen molar-refractivity contribution in [3.8, 4) is 0 Å². The predicted molar refractivity (Wildman–Crippen MR) is 73.7 cm³/mol. The van der Waals surface area contributed by atoms with Gasteiger partial charge in [0, 0.05) is 11.1 Å². The predicted octanol–water partition coefficient (Wildman–Crippen LogP) is 3.10. The number of carbonyl (C=O) groups is 1. The first-order chi connectivity index (χ1) is 7.93. The van der Waals surface area contributed by atoms with E-state index < -0.39 is 0 Å².